The van der Waals surface area contributed by atoms with E-state index < -0.39 is 62.0 Å². The summed E-state index contributed by atoms with van der Waals surface area (Å²) in [5.41, 5.74) is -7.49. The van der Waals surface area contributed by atoms with Crippen LogP contribution in [0.15, 0.2) is 15.7 Å². The minimum Gasteiger partial charge on any atom is -0.480 e. The number of carboxylic acids is 1. The molecule has 2 rings (SSSR count). The minimum absolute atomic E-state index is 0.221. The first kappa shape index (κ1) is 17.5. The Kier molecular flexibility index (Phi) is 4.10. The van der Waals surface area contributed by atoms with Crippen molar-refractivity contribution in [1.82, 2.24) is 9.55 Å². The molecule has 2 N–H and O–H groups in total. The van der Waals surface area contributed by atoms with Crippen molar-refractivity contribution in [1.29, 1.82) is 0 Å². The highest BCUT2D eigenvalue weighted by molar-refractivity contribution is 6.37. The van der Waals surface area contributed by atoms with Crippen LogP contribution in [0.3, 0.4) is 0 Å². The van der Waals surface area contributed by atoms with E-state index in [1.54, 1.807) is 4.98 Å². The number of H-pyrrole nitrogens is 1. The number of carbonyl (C=O) groups is 1. The molecule has 0 saturated carbocycles. The van der Waals surface area contributed by atoms with Gasteiger partial charge in [-0.05, 0) is 6.07 Å². The van der Waals surface area contributed by atoms with Crippen molar-refractivity contribution in [2.75, 3.05) is 0 Å². The van der Waals surface area contributed by atoms with Gasteiger partial charge < -0.3 is 10.1 Å². The van der Waals surface area contributed by atoms with E-state index >= 15 is 0 Å². The van der Waals surface area contributed by atoms with Crippen LogP contribution in [0.5, 0.6) is 0 Å². The van der Waals surface area contributed by atoms with Crippen LogP contribution in [-0.4, -0.2) is 25.6 Å². The molecule has 0 atom stereocenters. The summed E-state index contributed by atoms with van der Waals surface area (Å²) in [6.45, 7) is -1.12. The Morgan fingerprint density at radius 1 is 1.42 bits per heavy atom. The summed E-state index contributed by atoms with van der Waals surface area (Å²) in [5.74, 6) is -1.61. The first-order chi connectivity index (χ1) is 10.9. The van der Waals surface area contributed by atoms with Gasteiger partial charge in [-0.3, -0.25) is 29.1 Å². The molecular formula is C11H5ClF3N3O6. The van der Waals surface area contributed by atoms with Crippen molar-refractivity contribution in [3.63, 3.8) is 0 Å². The second-order valence-corrected chi connectivity index (χ2v) is 4.85. The van der Waals surface area contributed by atoms with Gasteiger partial charge in [0.1, 0.15) is 17.1 Å². The minimum atomic E-state index is -5.18. The van der Waals surface area contributed by atoms with Crippen LogP contribution in [0.25, 0.3) is 11.0 Å². The fourth-order valence-corrected chi connectivity index (χ4v) is 2.44. The quantitative estimate of drug-likeness (QED) is 0.477. The van der Waals surface area contributed by atoms with Gasteiger partial charge in [-0.1, -0.05) is 11.6 Å². The summed E-state index contributed by atoms with van der Waals surface area (Å²) in [4.78, 5) is 45.4. The van der Waals surface area contributed by atoms with Gasteiger partial charge in [0.05, 0.1) is 16.0 Å². The fraction of sp³-hybridized carbons (Fsp3) is 0.182. The third-order valence-corrected chi connectivity index (χ3v) is 3.31. The zero-order chi connectivity index (χ0) is 18.4. The average molecular weight is 368 g/mol. The van der Waals surface area contributed by atoms with Crippen LogP contribution >= 0.6 is 11.6 Å². The molecule has 0 fully saturated rings. The standard InChI is InChI=1S/C11H5ClF3N3O6/c12-6-7(18(23)24)3(11(13,14)15)1-4-8(6)17(2-5(19)20)10(22)9(21)16-4/h1H,2H2,(H,16,21)(H,19,20). The topological polar surface area (TPSA) is 135 Å². The summed E-state index contributed by atoms with van der Waals surface area (Å²) in [7, 11) is 0. The van der Waals surface area contributed by atoms with Crippen molar-refractivity contribution in [2.24, 2.45) is 0 Å². The average Bonchev–Trinajstić information content (AvgIpc) is 2.41. The molecule has 0 radical (unpaired) electrons. The van der Waals surface area contributed by atoms with Gasteiger partial charge in [0.25, 0.3) is 0 Å². The van der Waals surface area contributed by atoms with E-state index in [2.05, 4.69) is 0 Å². The number of aliphatic carboxylic acids is 1. The molecular weight excluding hydrogens is 363 g/mol. The Labute approximate surface area is 133 Å². The predicted molar refractivity (Wildman–Crippen MR) is 73.1 cm³/mol. The van der Waals surface area contributed by atoms with E-state index in [0.717, 1.165) is 0 Å². The van der Waals surface area contributed by atoms with Crippen molar-refractivity contribution in [3.05, 3.63) is 47.5 Å². The van der Waals surface area contributed by atoms with Crippen molar-refractivity contribution in [2.45, 2.75) is 12.7 Å². The number of nitrogens with zero attached hydrogens (tertiary/aromatic N) is 2. The van der Waals surface area contributed by atoms with Crippen molar-refractivity contribution >= 4 is 34.3 Å². The number of fused-ring (bicyclic) bond motifs is 1. The summed E-state index contributed by atoms with van der Waals surface area (Å²) >= 11 is 5.64. The zero-order valence-corrected chi connectivity index (χ0v) is 11.9. The Bertz CT molecular complexity index is 994. The van der Waals surface area contributed by atoms with Gasteiger partial charge in [-0.25, -0.2) is 0 Å². The van der Waals surface area contributed by atoms with Gasteiger partial charge in [0.2, 0.25) is 0 Å². The molecule has 0 saturated heterocycles. The zero-order valence-electron chi connectivity index (χ0n) is 11.2. The molecule has 0 bridgehead atoms. The molecule has 1 heterocycles. The maximum Gasteiger partial charge on any atom is 0.423 e. The number of hydrogen-bond acceptors (Lipinski definition) is 5. The van der Waals surface area contributed by atoms with Gasteiger partial charge in [0.15, 0.2) is 0 Å². The van der Waals surface area contributed by atoms with Crippen molar-refractivity contribution in [3.8, 4) is 0 Å². The Morgan fingerprint density at radius 2 is 2.00 bits per heavy atom. The smallest absolute Gasteiger partial charge is 0.423 e. The lowest BCUT2D eigenvalue weighted by Gasteiger charge is -2.13. The molecule has 1 aromatic carbocycles. The summed E-state index contributed by atoms with van der Waals surface area (Å²) in [6.07, 6.45) is -5.18. The number of aromatic nitrogens is 2. The number of rotatable bonds is 3. The molecule has 128 valence electrons. The summed E-state index contributed by atoms with van der Waals surface area (Å²) < 4.78 is 39.2. The van der Waals surface area contributed by atoms with Gasteiger partial charge in [-0.15, -0.1) is 0 Å². The molecule has 2 aromatic rings. The monoisotopic (exact) mass is 367 g/mol. The Morgan fingerprint density at radius 3 is 2.46 bits per heavy atom. The molecule has 0 amide bonds. The van der Waals surface area contributed by atoms with E-state index in [4.69, 9.17) is 16.7 Å². The predicted octanol–water partition coefficient (Wildman–Crippen LogP) is 1.35. The van der Waals surface area contributed by atoms with Crippen LogP contribution in [0.4, 0.5) is 18.9 Å². The van der Waals surface area contributed by atoms with E-state index in [9.17, 15) is 37.7 Å². The van der Waals surface area contributed by atoms with E-state index in [0.29, 0.717) is 0 Å². The lowest BCUT2D eigenvalue weighted by molar-refractivity contribution is -0.387. The number of aromatic amines is 1. The summed E-state index contributed by atoms with van der Waals surface area (Å²) in [5, 5.41) is 18.6. The summed E-state index contributed by atoms with van der Waals surface area (Å²) in [6, 6.07) is 0.221. The first-order valence-corrected chi connectivity index (χ1v) is 6.25. The number of nitro benzene ring substituents is 1. The van der Waals surface area contributed by atoms with Crippen LogP contribution in [0.2, 0.25) is 5.02 Å². The molecule has 0 aliphatic rings. The van der Waals surface area contributed by atoms with Crippen LogP contribution in [0, 0.1) is 10.1 Å². The van der Waals surface area contributed by atoms with E-state index in [-0.39, 0.29) is 10.6 Å². The third kappa shape index (κ3) is 2.82. The van der Waals surface area contributed by atoms with E-state index in [1.807, 2.05) is 0 Å². The lowest BCUT2D eigenvalue weighted by Crippen LogP contribution is -2.38. The Hall–Kier alpha value is -2.89. The van der Waals surface area contributed by atoms with Crippen molar-refractivity contribution < 1.29 is 28.0 Å². The molecule has 0 aliphatic heterocycles. The van der Waals surface area contributed by atoms with Crippen LogP contribution in [-0.2, 0) is 17.5 Å². The molecule has 1 aromatic heterocycles. The molecule has 24 heavy (non-hydrogen) atoms. The highest BCUT2D eigenvalue weighted by Crippen LogP contribution is 2.42. The second kappa shape index (κ2) is 5.63. The van der Waals surface area contributed by atoms with Gasteiger partial charge in [0, 0.05) is 0 Å². The molecule has 0 aliphatic carbocycles. The number of carboxylic acid groups (broad SMARTS) is 1. The van der Waals surface area contributed by atoms with Gasteiger partial charge >= 0.3 is 29.0 Å². The maximum atomic E-state index is 13.0. The number of benzene rings is 1. The molecule has 0 spiro atoms. The number of hydrogen-bond donors (Lipinski definition) is 2. The fourth-order valence-electron chi connectivity index (χ4n) is 2.07. The van der Waals surface area contributed by atoms with Crippen LogP contribution in [0.1, 0.15) is 5.56 Å². The SMILES string of the molecule is O=C(O)Cn1c(=O)c(=O)[nH]c2cc(C(F)(F)F)c([N+](=O)[O-])c(Cl)c21. The number of halogens is 4. The normalized spacial score (nSPS) is 11.7. The highest BCUT2D eigenvalue weighted by Gasteiger charge is 2.41. The molecule has 13 heteroatoms. The third-order valence-electron chi connectivity index (χ3n) is 2.95. The molecule has 9 nitrogen and oxygen atoms in total. The Balaban J connectivity index is 3.11. The van der Waals surface area contributed by atoms with E-state index in [1.165, 1.54) is 0 Å². The first-order valence-electron chi connectivity index (χ1n) is 5.88. The number of alkyl halides is 3. The van der Waals surface area contributed by atoms with Crippen LogP contribution < -0.4 is 11.1 Å². The number of nitro groups is 1. The largest absolute Gasteiger partial charge is 0.480 e. The second-order valence-electron chi connectivity index (χ2n) is 4.48. The van der Waals surface area contributed by atoms with Gasteiger partial charge in [-0.2, -0.15) is 13.2 Å². The maximum absolute atomic E-state index is 13.0. The lowest BCUT2D eigenvalue weighted by atomic mass is 10.1. The highest BCUT2D eigenvalue weighted by atomic mass is 35.5. The molecule has 0 unspecified atom stereocenters. The number of nitrogens with one attached hydrogen (secondary N) is 1.